The fraction of sp³-hybridized carbons (Fsp3) is 0.133. The molecule has 0 aromatic heterocycles. The summed E-state index contributed by atoms with van der Waals surface area (Å²) in [5.41, 5.74) is 1.78. The lowest BCUT2D eigenvalue weighted by Crippen LogP contribution is -2.00. The van der Waals surface area contributed by atoms with E-state index in [2.05, 4.69) is 0 Å². The third kappa shape index (κ3) is 4.30. The predicted octanol–water partition coefficient (Wildman–Crippen LogP) is 3.55. The smallest absolute Gasteiger partial charge is 0.307 e. The molecule has 2 aromatic rings. The number of carbonyl (C=O) groups is 1. The summed E-state index contributed by atoms with van der Waals surface area (Å²) in [6.45, 7) is 0.454. The van der Waals surface area contributed by atoms with E-state index in [1.165, 1.54) is 0 Å². The molecule has 0 heterocycles. The molecule has 19 heavy (non-hydrogen) atoms. The third-order valence-electron chi connectivity index (χ3n) is 2.60. The van der Waals surface area contributed by atoms with Gasteiger partial charge in [0.25, 0.3) is 0 Å². The second-order valence-corrected chi connectivity index (χ2v) is 4.57. The second-order valence-electron chi connectivity index (χ2n) is 4.13. The van der Waals surface area contributed by atoms with Crippen LogP contribution in [0.25, 0.3) is 0 Å². The van der Waals surface area contributed by atoms with Gasteiger partial charge in [-0.05, 0) is 35.4 Å². The van der Waals surface area contributed by atoms with E-state index in [9.17, 15) is 4.79 Å². The highest BCUT2D eigenvalue weighted by Crippen LogP contribution is 2.16. The zero-order valence-corrected chi connectivity index (χ0v) is 10.9. The third-order valence-corrected chi connectivity index (χ3v) is 2.85. The molecule has 0 amide bonds. The van der Waals surface area contributed by atoms with E-state index in [0.717, 1.165) is 11.1 Å². The highest BCUT2D eigenvalue weighted by molar-refractivity contribution is 6.30. The molecule has 2 rings (SSSR count). The summed E-state index contributed by atoms with van der Waals surface area (Å²) in [6, 6.07) is 14.5. The zero-order valence-electron chi connectivity index (χ0n) is 10.2. The number of ether oxygens (including phenoxy) is 1. The lowest BCUT2D eigenvalue weighted by molar-refractivity contribution is -0.136. The molecule has 0 atom stereocenters. The summed E-state index contributed by atoms with van der Waals surface area (Å²) in [4.78, 5) is 10.5. The fourth-order valence-corrected chi connectivity index (χ4v) is 1.75. The molecule has 98 valence electrons. The van der Waals surface area contributed by atoms with Crippen molar-refractivity contribution in [1.82, 2.24) is 0 Å². The molecular formula is C15H13ClO3. The maximum atomic E-state index is 10.5. The average Bonchev–Trinajstić information content (AvgIpc) is 2.39. The van der Waals surface area contributed by atoms with Gasteiger partial charge in [-0.1, -0.05) is 35.9 Å². The van der Waals surface area contributed by atoms with Crippen LogP contribution >= 0.6 is 11.6 Å². The molecule has 0 aliphatic heterocycles. The molecule has 0 fully saturated rings. The minimum absolute atomic E-state index is 0.0253. The molecule has 3 nitrogen and oxygen atoms in total. The van der Waals surface area contributed by atoms with E-state index in [4.69, 9.17) is 21.4 Å². The first kappa shape index (κ1) is 13.4. The summed E-state index contributed by atoms with van der Waals surface area (Å²) in [5.74, 6) is -0.126. The Morgan fingerprint density at radius 1 is 1.00 bits per heavy atom. The fourth-order valence-electron chi connectivity index (χ4n) is 1.63. The molecular weight excluding hydrogens is 264 g/mol. The highest BCUT2D eigenvalue weighted by atomic mass is 35.5. The number of rotatable bonds is 5. The molecule has 4 heteroatoms. The Morgan fingerprint density at radius 3 is 2.16 bits per heavy atom. The molecule has 0 aliphatic carbocycles. The Labute approximate surface area is 116 Å². The van der Waals surface area contributed by atoms with Crippen molar-refractivity contribution in [3.63, 3.8) is 0 Å². The minimum Gasteiger partial charge on any atom is -0.489 e. The van der Waals surface area contributed by atoms with Crippen LogP contribution in [0.2, 0.25) is 5.02 Å². The van der Waals surface area contributed by atoms with Gasteiger partial charge in [-0.3, -0.25) is 4.79 Å². The van der Waals surface area contributed by atoms with Crippen LogP contribution in [0.3, 0.4) is 0 Å². The zero-order chi connectivity index (χ0) is 13.7. The van der Waals surface area contributed by atoms with Gasteiger partial charge in [-0.2, -0.15) is 0 Å². The van der Waals surface area contributed by atoms with Crippen LogP contribution < -0.4 is 4.74 Å². The normalized spacial score (nSPS) is 10.2. The van der Waals surface area contributed by atoms with E-state index in [0.29, 0.717) is 17.4 Å². The summed E-state index contributed by atoms with van der Waals surface area (Å²) >= 11 is 5.80. The summed E-state index contributed by atoms with van der Waals surface area (Å²) in [5, 5.41) is 9.36. The van der Waals surface area contributed by atoms with Crippen LogP contribution in [-0.2, 0) is 17.8 Å². The molecule has 0 radical (unpaired) electrons. The summed E-state index contributed by atoms with van der Waals surface area (Å²) in [6.07, 6.45) is 0.0253. The molecule has 0 unspecified atom stereocenters. The van der Waals surface area contributed by atoms with Crippen molar-refractivity contribution in [3.8, 4) is 5.75 Å². The Morgan fingerprint density at radius 2 is 1.58 bits per heavy atom. The van der Waals surface area contributed by atoms with Gasteiger partial charge in [0.1, 0.15) is 12.4 Å². The first-order chi connectivity index (χ1) is 9.13. The number of benzene rings is 2. The van der Waals surface area contributed by atoms with Crippen LogP contribution in [0.5, 0.6) is 5.75 Å². The molecule has 1 N–H and O–H groups in total. The van der Waals surface area contributed by atoms with Gasteiger partial charge in [0, 0.05) is 5.02 Å². The van der Waals surface area contributed by atoms with E-state index in [1.54, 1.807) is 24.3 Å². The first-order valence-corrected chi connectivity index (χ1v) is 6.19. The van der Waals surface area contributed by atoms with Crippen LogP contribution in [0.1, 0.15) is 11.1 Å². The summed E-state index contributed by atoms with van der Waals surface area (Å²) in [7, 11) is 0. The predicted molar refractivity (Wildman–Crippen MR) is 73.6 cm³/mol. The lowest BCUT2D eigenvalue weighted by Gasteiger charge is -2.07. The van der Waals surface area contributed by atoms with Crippen LogP contribution in [-0.4, -0.2) is 11.1 Å². The van der Waals surface area contributed by atoms with Gasteiger partial charge in [0.05, 0.1) is 6.42 Å². The number of hydrogen-bond donors (Lipinski definition) is 1. The van der Waals surface area contributed by atoms with E-state index >= 15 is 0 Å². The van der Waals surface area contributed by atoms with E-state index in [1.807, 2.05) is 24.3 Å². The Kier molecular flexibility index (Phi) is 4.42. The molecule has 0 saturated heterocycles. The van der Waals surface area contributed by atoms with Gasteiger partial charge < -0.3 is 9.84 Å². The number of halogens is 1. The maximum absolute atomic E-state index is 10.5. The van der Waals surface area contributed by atoms with Crippen LogP contribution in [0.15, 0.2) is 48.5 Å². The van der Waals surface area contributed by atoms with E-state index in [-0.39, 0.29) is 6.42 Å². The number of carboxylic acids is 1. The highest BCUT2D eigenvalue weighted by Gasteiger charge is 2.01. The SMILES string of the molecule is O=C(O)Cc1ccc(OCc2ccc(Cl)cc2)cc1. The lowest BCUT2D eigenvalue weighted by atomic mass is 10.1. The molecule has 0 aliphatic rings. The van der Waals surface area contributed by atoms with Crippen LogP contribution in [0.4, 0.5) is 0 Å². The van der Waals surface area contributed by atoms with Crippen molar-refractivity contribution in [2.75, 3.05) is 0 Å². The number of hydrogen-bond acceptors (Lipinski definition) is 2. The standard InChI is InChI=1S/C15H13ClO3/c16-13-5-1-12(2-6-13)10-19-14-7-3-11(4-8-14)9-15(17)18/h1-8H,9-10H2,(H,17,18). The van der Waals surface area contributed by atoms with Crippen molar-refractivity contribution in [1.29, 1.82) is 0 Å². The van der Waals surface area contributed by atoms with Crippen molar-refractivity contribution in [2.24, 2.45) is 0 Å². The van der Waals surface area contributed by atoms with Crippen molar-refractivity contribution >= 4 is 17.6 Å². The quantitative estimate of drug-likeness (QED) is 0.908. The molecule has 0 saturated carbocycles. The average molecular weight is 277 g/mol. The van der Waals surface area contributed by atoms with Gasteiger partial charge in [0.15, 0.2) is 0 Å². The van der Waals surface area contributed by atoms with Gasteiger partial charge in [-0.25, -0.2) is 0 Å². The Hall–Kier alpha value is -2.00. The van der Waals surface area contributed by atoms with Crippen LogP contribution in [0, 0.1) is 0 Å². The van der Waals surface area contributed by atoms with Gasteiger partial charge in [-0.15, -0.1) is 0 Å². The Balaban J connectivity index is 1.92. The molecule has 2 aromatic carbocycles. The number of aliphatic carboxylic acids is 1. The van der Waals surface area contributed by atoms with Gasteiger partial charge in [0.2, 0.25) is 0 Å². The maximum Gasteiger partial charge on any atom is 0.307 e. The minimum atomic E-state index is -0.838. The number of carboxylic acid groups (broad SMARTS) is 1. The molecule has 0 bridgehead atoms. The van der Waals surface area contributed by atoms with E-state index < -0.39 is 5.97 Å². The van der Waals surface area contributed by atoms with Crippen molar-refractivity contribution in [3.05, 3.63) is 64.7 Å². The second kappa shape index (κ2) is 6.25. The molecule has 0 spiro atoms. The van der Waals surface area contributed by atoms with Crippen molar-refractivity contribution < 1.29 is 14.6 Å². The summed E-state index contributed by atoms with van der Waals surface area (Å²) < 4.78 is 5.60. The Bertz CT molecular complexity index is 547. The largest absolute Gasteiger partial charge is 0.489 e. The van der Waals surface area contributed by atoms with Crippen molar-refractivity contribution in [2.45, 2.75) is 13.0 Å². The van der Waals surface area contributed by atoms with Gasteiger partial charge >= 0.3 is 5.97 Å². The monoisotopic (exact) mass is 276 g/mol. The first-order valence-electron chi connectivity index (χ1n) is 5.81. The topological polar surface area (TPSA) is 46.5 Å².